The SMILES string of the molecule is CCCCC(=O)NOC(c1ccccc1)c1ccc(-c2cccc3cccnc23)cc1. The van der Waals surface area contributed by atoms with E-state index >= 15 is 0 Å². The standard InChI is InChI=1S/C27H26N2O2/c1-2-3-14-25(30)29-31-27(22-9-5-4-6-10-22)23-17-15-20(16-18-23)24-13-7-11-21-12-8-19-28-26(21)24/h4-13,15-19,27H,2-3,14H2,1H3,(H,29,30). The molecule has 1 heterocycles. The molecule has 0 saturated heterocycles. The second kappa shape index (κ2) is 10.0. The number of pyridine rings is 1. The van der Waals surface area contributed by atoms with Gasteiger partial charge in [-0.05, 0) is 29.2 Å². The summed E-state index contributed by atoms with van der Waals surface area (Å²) in [6.07, 6.45) is 3.72. The molecule has 156 valence electrons. The monoisotopic (exact) mass is 410 g/mol. The van der Waals surface area contributed by atoms with Gasteiger partial charge in [0.05, 0.1) is 5.52 Å². The first-order valence-electron chi connectivity index (χ1n) is 10.7. The van der Waals surface area contributed by atoms with Gasteiger partial charge in [0.2, 0.25) is 5.91 Å². The molecule has 4 aromatic rings. The molecular weight excluding hydrogens is 384 g/mol. The summed E-state index contributed by atoms with van der Waals surface area (Å²) in [5.41, 5.74) is 7.76. The number of benzene rings is 3. The summed E-state index contributed by atoms with van der Waals surface area (Å²) in [5, 5.41) is 1.12. The molecule has 4 rings (SSSR count). The molecule has 1 N–H and O–H groups in total. The van der Waals surface area contributed by atoms with Crippen LogP contribution in [0, 0.1) is 0 Å². The molecule has 4 nitrogen and oxygen atoms in total. The molecule has 0 spiro atoms. The number of hydroxylamine groups is 1. The molecule has 0 bridgehead atoms. The minimum atomic E-state index is -0.383. The van der Waals surface area contributed by atoms with E-state index in [9.17, 15) is 4.79 Å². The molecule has 4 heteroatoms. The van der Waals surface area contributed by atoms with Gasteiger partial charge in [-0.15, -0.1) is 0 Å². The van der Waals surface area contributed by atoms with E-state index in [2.05, 4.69) is 53.8 Å². The summed E-state index contributed by atoms with van der Waals surface area (Å²) >= 11 is 0. The van der Waals surface area contributed by atoms with E-state index in [1.807, 2.05) is 54.7 Å². The normalized spacial score (nSPS) is 11.9. The zero-order chi connectivity index (χ0) is 21.5. The lowest BCUT2D eigenvalue weighted by Gasteiger charge is -2.19. The van der Waals surface area contributed by atoms with E-state index in [1.54, 1.807) is 0 Å². The molecule has 0 fully saturated rings. The molecule has 1 atom stereocenters. The van der Waals surface area contributed by atoms with E-state index in [4.69, 9.17) is 4.84 Å². The van der Waals surface area contributed by atoms with Gasteiger partial charge in [-0.25, -0.2) is 5.48 Å². The second-order valence-electron chi connectivity index (χ2n) is 7.54. The topological polar surface area (TPSA) is 51.2 Å². The number of nitrogens with zero attached hydrogens (tertiary/aromatic N) is 1. The van der Waals surface area contributed by atoms with Crippen molar-refractivity contribution in [2.24, 2.45) is 0 Å². The molecule has 0 aliphatic heterocycles. The molecule has 0 radical (unpaired) electrons. The number of carbonyl (C=O) groups excluding carboxylic acids is 1. The average Bonchev–Trinajstić information content (AvgIpc) is 2.83. The number of nitrogens with one attached hydrogen (secondary N) is 1. The number of fused-ring (bicyclic) bond motifs is 1. The first-order valence-corrected chi connectivity index (χ1v) is 10.7. The van der Waals surface area contributed by atoms with Crippen molar-refractivity contribution in [3.63, 3.8) is 0 Å². The Morgan fingerprint density at radius 1 is 0.903 bits per heavy atom. The van der Waals surface area contributed by atoms with E-state index < -0.39 is 0 Å². The summed E-state index contributed by atoms with van der Waals surface area (Å²) in [6.45, 7) is 2.06. The van der Waals surface area contributed by atoms with Crippen LogP contribution < -0.4 is 5.48 Å². The molecule has 0 aliphatic rings. The van der Waals surface area contributed by atoms with E-state index in [0.717, 1.165) is 46.0 Å². The number of aromatic nitrogens is 1. The molecule has 1 aromatic heterocycles. The molecule has 31 heavy (non-hydrogen) atoms. The highest BCUT2D eigenvalue weighted by molar-refractivity contribution is 5.93. The second-order valence-corrected chi connectivity index (χ2v) is 7.54. The van der Waals surface area contributed by atoms with Crippen LogP contribution in [0.2, 0.25) is 0 Å². The van der Waals surface area contributed by atoms with Gasteiger partial charge >= 0.3 is 0 Å². The van der Waals surface area contributed by atoms with Crippen molar-refractivity contribution in [2.75, 3.05) is 0 Å². The Balaban J connectivity index is 1.61. The molecular formula is C27H26N2O2. The van der Waals surface area contributed by atoms with E-state index in [-0.39, 0.29) is 12.0 Å². The summed E-state index contributed by atoms with van der Waals surface area (Å²) < 4.78 is 0. The molecule has 3 aromatic carbocycles. The van der Waals surface area contributed by atoms with Crippen LogP contribution >= 0.6 is 0 Å². The molecule has 0 saturated carbocycles. The maximum absolute atomic E-state index is 12.1. The van der Waals surface area contributed by atoms with Crippen LogP contribution in [0.15, 0.2) is 91.1 Å². The van der Waals surface area contributed by atoms with Crippen molar-refractivity contribution in [3.05, 3.63) is 102 Å². The van der Waals surface area contributed by atoms with E-state index in [1.165, 1.54) is 0 Å². The van der Waals surface area contributed by atoms with Gasteiger partial charge in [0.25, 0.3) is 0 Å². The number of para-hydroxylation sites is 1. The number of hydrogen-bond acceptors (Lipinski definition) is 3. The van der Waals surface area contributed by atoms with Crippen LogP contribution in [-0.4, -0.2) is 10.9 Å². The quantitative estimate of drug-likeness (QED) is 0.350. The van der Waals surface area contributed by atoms with Crippen molar-refractivity contribution in [1.29, 1.82) is 0 Å². The number of rotatable bonds is 8. The summed E-state index contributed by atoms with van der Waals surface area (Å²) in [7, 11) is 0. The van der Waals surface area contributed by atoms with Crippen LogP contribution in [0.25, 0.3) is 22.0 Å². The number of carbonyl (C=O) groups is 1. The predicted octanol–water partition coefficient (Wildman–Crippen LogP) is 6.23. The maximum Gasteiger partial charge on any atom is 0.243 e. The van der Waals surface area contributed by atoms with Gasteiger partial charge in [0, 0.05) is 23.6 Å². The lowest BCUT2D eigenvalue weighted by Crippen LogP contribution is -2.26. The minimum absolute atomic E-state index is 0.0961. The van der Waals surface area contributed by atoms with Crippen molar-refractivity contribution in [3.8, 4) is 11.1 Å². The maximum atomic E-state index is 12.1. The van der Waals surface area contributed by atoms with Gasteiger partial charge in [-0.3, -0.25) is 14.6 Å². The average molecular weight is 411 g/mol. The van der Waals surface area contributed by atoms with Crippen LogP contribution in [0.5, 0.6) is 0 Å². The third-order valence-corrected chi connectivity index (χ3v) is 5.31. The smallest absolute Gasteiger partial charge is 0.243 e. The predicted molar refractivity (Wildman–Crippen MR) is 124 cm³/mol. The highest BCUT2D eigenvalue weighted by Gasteiger charge is 2.17. The summed E-state index contributed by atoms with van der Waals surface area (Å²) in [6, 6.07) is 28.4. The Labute approximate surface area is 182 Å². The summed E-state index contributed by atoms with van der Waals surface area (Å²) in [4.78, 5) is 22.5. The number of unbranched alkanes of at least 4 members (excludes halogenated alkanes) is 1. The first kappa shape index (κ1) is 20.8. The highest BCUT2D eigenvalue weighted by Crippen LogP contribution is 2.30. The fourth-order valence-electron chi connectivity index (χ4n) is 3.64. The Bertz CT molecular complexity index is 1140. The Morgan fingerprint density at radius 3 is 2.42 bits per heavy atom. The molecule has 1 unspecified atom stereocenters. The lowest BCUT2D eigenvalue weighted by atomic mass is 9.97. The fraction of sp³-hybridized carbons (Fsp3) is 0.185. The van der Waals surface area contributed by atoms with Crippen LogP contribution in [0.4, 0.5) is 0 Å². The van der Waals surface area contributed by atoms with E-state index in [0.29, 0.717) is 6.42 Å². The van der Waals surface area contributed by atoms with Crippen molar-refractivity contribution >= 4 is 16.8 Å². The third-order valence-electron chi connectivity index (χ3n) is 5.31. The van der Waals surface area contributed by atoms with Gasteiger partial charge < -0.3 is 0 Å². The fourth-order valence-corrected chi connectivity index (χ4v) is 3.64. The van der Waals surface area contributed by atoms with Gasteiger partial charge in [-0.1, -0.05) is 92.2 Å². The molecule has 0 aliphatic carbocycles. The Kier molecular flexibility index (Phi) is 6.70. The summed E-state index contributed by atoms with van der Waals surface area (Å²) in [5.74, 6) is -0.0961. The zero-order valence-electron chi connectivity index (χ0n) is 17.6. The van der Waals surface area contributed by atoms with Crippen molar-refractivity contribution in [1.82, 2.24) is 10.5 Å². The zero-order valence-corrected chi connectivity index (χ0v) is 17.6. The van der Waals surface area contributed by atoms with Gasteiger partial charge in [0.1, 0.15) is 6.10 Å². The van der Waals surface area contributed by atoms with Crippen LogP contribution in [0.3, 0.4) is 0 Å². The van der Waals surface area contributed by atoms with Crippen molar-refractivity contribution in [2.45, 2.75) is 32.3 Å². The minimum Gasteiger partial charge on any atom is -0.273 e. The Hall–Kier alpha value is -3.50. The lowest BCUT2D eigenvalue weighted by molar-refractivity contribution is -0.137. The molecule has 1 amide bonds. The largest absolute Gasteiger partial charge is 0.273 e. The first-order chi connectivity index (χ1) is 15.3. The number of amides is 1. The van der Waals surface area contributed by atoms with Crippen LogP contribution in [-0.2, 0) is 9.63 Å². The van der Waals surface area contributed by atoms with Crippen molar-refractivity contribution < 1.29 is 9.63 Å². The Morgan fingerprint density at radius 2 is 1.65 bits per heavy atom. The number of hydrogen-bond donors (Lipinski definition) is 1. The third kappa shape index (κ3) is 4.98. The highest BCUT2D eigenvalue weighted by atomic mass is 16.7. The van der Waals surface area contributed by atoms with Gasteiger partial charge in [-0.2, -0.15) is 0 Å². The van der Waals surface area contributed by atoms with Crippen LogP contribution in [0.1, 0.15) is 43.4 Å². The van der Waals surface area contributed by atoms with Gasteiger partial charge in [0.15, 0.2) is 0 Å².